The molecule has 8 heteroatoms. The second-order valence-electron chi connectivity index (χ2n) is 8.42. The third kappa shape index (κ3) is 3.54. The van der Waals surface area contributed by atoms with Gasteiger partial charge < -0.3 is 19.4 Å². The van der Waals surface area contributed by atoms with Gasteiger partial charge in [0.2, 0.25) is 5.91 Å². The van der Waals surface area contributed by atoms with E-state index in [2.05, 4.69) is 15.5 Å². The molecule has 3 fully saturated rings. The van der Waals surface area contributed by atoms with Gasteiger partial charge in [0.05, 0.1) is 13.0 Å². The van der Waals surface area contributed by atoms with Crippen LogP contribution in [-0.2, 0) is 4.79 Å². The fourth-order valence-electron chi connectivity index (χ4n) is 4.91. The Balaban J connectivity index is 1.21. The van der Waals surface area contributed by atoms with Crippen molar-refractivity contribution in [2.75, 3.05) is 33.3 Å². The van der Waals surface area contributed by atoms with Crippen molar-refractivity contribution in [2.45, 2.75) is 38.0 Å². The van der Waals surface area contributed by atoms with E-state index >= 15 is 0 Å². The number of nitrogens with zero attached hydrogens (tertiary/aromatic N) is 2. The van der Waals surface area contributed by atoms with E-state index < -0.39 is 0 Å². The Bertz CT molecular complexity index is 950. The molecule has 1 aromatic heterocycles. The van der Waals surface area contributed by atoms with Crippen LogP contribution in [0.3, 0.4) is 0 Å². The summed E-state index contributed by atoms with van der Waals surface area (Å²) in [4.78, 5) is 29.5. The molecule has 2 amide bonds. The number of carbonyl (C=O) groups excluding carboxylic acids is 2. The molecular formula is C22H28N4O4. The largest absolute Gasteiger partial charge is 0.497 e. The molecule has 0 bridgehead atoms. The molecule has 3 aliphatic rings. The molecule has 3 heterocycles. The van der Waals surface area contributed by atoms with Crippen LogP contribution >= 0.6 is 0 Å². The van der Waals surface area contributed by atoms with Crippen LogP contribution in [-0.4, -0.2) is 67.2 Å². The highest BCUT2D eigenvalue weighted by molar-refractivity contribution is 5.96. The zero-order chi connectivity index (χ0) is 20.7. The summed E-state index contributed by atoms with van der Waals surface area (Å²) in [6.45, 7) is 2.60. The van der Waals surface area contributed by atoms with Gasteiger partial charge in [0.1, 0.15) is 17.6 Å². The summed E-state index contributed by atoms with van der Waals surface area (Å²) in [5, 5.41) is 7.63. The van der Waals surface area contributed by atoms with Crippen molar-refractivity contribution >= 4 is 22.8 Å². The lowest BCUT2D eigenvalue weighted by atomic mass is 9.82. The summed E-state index contributed by atoms with van der Waals surface area (Å²) in [6, 6.07) is 7.59. The lowest BCUT2D eigenvalue weighted by Crippen LogP contribution is -2.69. The van der Waals surface area contributed by atoms with Gasteiger partial charge in [-0.05, 0) is 31.0 Å². The molecule has 5 rings (SSSR count). The lowest BCUT2D eigenvalue weighted by Gasteiger charge is -2.46. The van der Waals surface area contributed by atoms with E-state index in [1.165, 1.54) is 6.42 Å². The number of carbonyl (C=O) groups is 2. The summed E-state index contributed by atoms with van der Waals surface area (Å²) in [6.07, 6.45) is 4.20. The number of ether oxygens (including phenoxy) is 1. The minimum atomic E-state index is -0.146. The molecule has 0 spiro atoms. The highest BCUT2D eigenvalue weighted by atomic mass is 16.5. The van der Waals surface area contributed by atoms with Gasteiger partial charge in [-0.2, -0.15) is 0 Å². The molecule has 1 saturated carbocycles. The minimum Gasteiger partial charge on any atom is -0.497 e. The molecule has 2 aromatic rings. The molecule has 30 heavy (non-hydrogen) atoms. The number of nitrogens with one attached hydrogen (secondary N) is 2. The van der Waals surface area contributed by atoms with Crippen LogP contribution in [0.2, 0.25) is 0 Å². The lowest BCUT2D eigenvalue weighted by molar-refractivity contribution is -0.134. The third-order valence-corrected chi connectivity index (χ3v) is 6.66. The van der Waals surface area contributed by atoms with Gasteiger partial charge in [-0.25, -0.2) is 0 Å². The first kappa shape index (κ1) is 19.4. The van der Waals surface area contributed by atoms with Crippen molar-refractivity contribution < 1.29 is 18.7 Å². The van der Waals surface area contributed by atoms with E-state index in [-0.39, 0.29) is 30.1 Å². The number of methoxy groups -OCH3 is 1. The molecule has 3 atom stereocenters. The van der Waals surface area contributed by atoms with Gasteiger partial charge >= 0.3 is 0 Å². The number of hydrogen-bond donors (Lipinski definition) is 2. The first-order chi connectivity index (χ1) is 14.6. The van der Waals surface area contributed by atoms with Crippen molar-refractivity contribution in [1.29, 1.82) is 0 Å². The van der Waals surface area contributed by atoms with E-state index in [0.717, 1.165) is 24.6 Å². The molecule has 8 nitrogen and oxygen atoms in total. The van der Waals surface area contributed by atoms with Gasteiger partial charge in [-0.15, -0.1) is 0 Å². The Hall–Kier alpha value is -2.58. The minimum absolute atomic E-state index is 0.0993. The predicted octanol–water partition coefficient (Wildman–Crippen LogP) is 1.76. The van der Waals surface area contributed by atoms with Crippen LogP contribution in [0, 0.1) is 5.92 Å². The maximum atomic E-state index is 12.9. The Labute approximate surface area is 175 Å². The van der Waals surface area contributed by atoms with Crippen LogP contribution in [0.4, 0.5) is 0 Å². The van der Waals surface area contributed by atoms with Crippen molar-refractivity contribution in [3.63, 3.8) is 0 Å². The number of amides is 2. The summed E-state index contributed by atoms with van der Waals surface area (Å²) >= 11 is 0. The fraction of sp³-hybridized carbons (Fsp3) is 0.545. The Morgan fingerprint density at radius 1 is 1.13 bits per heavy atom. The van der Waals surface area contributed by atoms with Gasteiger partial charge in [0.25, 0.3) is 5.91 Å². The van der Waals surface area contributed by atoms with Crippen LogP contribution in [0.1, 0.15) is 36.2 Å². The number of benzene rings is 1. The summed E-state index contributed by atoms with van der Waals surface area (Å²) in [5.74, 6) is 1.22. The normalized spacial score (nSPS) is 27.6. The second-order valence-corrected chi connectivity index (χ2v) is 8.42. The first-order valence-corrected chi connectivity index (χ1v) is 10.8. The highest BCUT2D eigenvalue weighted by Crippen LogP contribution is 2.28. The fourth-order valence-corrected chi connectivity index (χ4v) is 4.91. The van der Waals surface area contributed by atoms with Crippen LogP contribution < -0.4 is 15.4 Å². The Morgan fingerprint density at radius 2 is 1.93 bits per heavy atom. The number of fused-ring (bicyclic) bond motifs is 2. The number of rotatable bonds is 3. The summed E-state index contributed by atoms with van der Waals surface area (Å²) < 4.78 is 11.0. The van der Waals surface area contributed by atoms with E-state index in [9.17, 15) is 9.59 Å². The maximum absolute atomic E-state index is 12.9. The second kappa shape index (κ2) is 7.92. The molecule has 1 aromatic carbocycles. The maximum Gasteiger partial charge on any atom is 0.289 e. The van der Waals surface area contributed by atoms with E-state index in [1.54, 1.807) is 19.2 Å². The van der Waals surface area contributed by atoms with Crippen molar-refractivity contribution in [3.05, 3.63) is 30.0 Å². The zero-order valence-corrected chi connectivity index (χ0v) is 17.2. The molecule has 3 unspecified atom stereocenters. The van der Waals surface area contributed by atoms with Gasteiger partial charge in [-0.1, -0.05) is 12.8 Å². The van der Waals surface area contributed by atoms with Crippen molar-refractivity contribution in [3.8, 4) is 5.75 Å². The first-order valence-electron chi connectivity index (χ1n) is 10.8. The molecule has 0 radical (unpaired) electrons. The monoisotopic (exact) mass is 412 g/mol. The summed E-state index contributed by atoms with van der Waals surface area (Å²) in [5.41, 5.74) is 0.646. The third-order valence-electron chi connectivity index (χ3n) is 6.66. The van der Waals surface area contributed by atoms with Gasteiger partial charge in [0, 0.05) is 43.7 Å². The average Bonchev–Trinajstić information content (AvgIpc) is 3.22. The van der Waals surface area contributed by atoms with E-state index in [1.807, 2.05) is 17.0 Å². The predicted molar refractivity (Wildman–Crippen MR) is 111 cm³/mol. The number of piperazine rings is 1. The molecule has 1 aliphatic carbocycles. The smallest absolute Gasteiger partial charge is 0.289 e. The molecular weight excluding hydrogens is 384 g/mol. The van der Waals surface area contributed by atoms with Crippen LogP contribution in [0.15, 0.2) is 28.7 Å². The number of furan rings is 1. The van der Waals surface area contributed by atoms with Crippen LogP contribution in [0.25, 0.3) is 11.0 Å². The topological polar surface area (TPSA) is 87.0 Å². The SMILES string of the molecule is COc1ccc2cc(C(=O)N3CCN(C4NC(=O)C5CCCCC5N4)CC3)oc2c1. The van der Waals surface area contributed by atoms with Gasteiger partial charge in [-0.3, -0.25) is 19.8 Å². The standard InChI is InChI=1S/C22H28N4O4/c1-29-15-7-6-14-12-19(30-18(14)13-15)21(28)25-8-10-26(11-9-25)22-23-17-5-3-2-4-16(17)20(27)24-22/h6-7,12-13,16-17,22-23H,2-5,8-11H2,1H3,(H,24,27). The molecule has 2 N–H and O–H groups in total. The summed E-state index contributed by atoms with van der Waals surface area (Å²) in [7, 11) is 1.60. The van der Waals surface area contributed by atoms with Crippen molar-refractivity contribution in [2.24, 2.45) is 5.92 Å². The van der Waals surface area contributed by atoms with E-state index in [4.69, 9.17) is 9.15 Å². The van der Waals surface area contributed by atoms with Gasteiger partial charge in [0.15, 0.2) is 5.76 Å². The Kier molecular flexibility index (Phi) is 5.12. The highest BCUT2D eigenvalue weighted by Gasteiger charge is 2.40. The average molecular weight is 412 g/mol. The molecule has 2 saturated heterocycles. The number of hydrogen-bond acceptors (Lipinski definition) is 6. The quantitative estimate of drug-likeness (QED) is 0.799. The van der Waals surface area contributed by atoms with Crippen LogP contribution in [0.5, 0.6) is 5.75 Å². The molecule has 2 aliphatic heterocycles. The molecule has 160 valence electrons. The van der Waals surface area contributed by atoms with E-state index in [0.29, 0.717) is 43.3 Å². The van der Waals surface area contributed by atoms with Crippen molar-refractivity contribution in [1.82, 2.24) is 20.4 Å². The zero-order valence-electron chi connectivity index (χ0n) is 17.2. The Morgan fingerprint density at radius 3 is 2.73 bits per heavy atom.